The number of carbonyl (C=O) groups is 1. The molecule has 4 heteroatoms. The zero-order valence-corrected chi connectivity index (χ0v) is 7.52. The van der Waals surface area contributed by atoms with E-state index in [0.29, 0.717) is 5.56 Å². The lowest BCUT2D eigenvalue weighted by Gasteiger charge is -1.99. The first-order valence-electron chi connectivity index (χ1n) is 3.78. The summed E-state index contributed by atoms with van der Waals surface area (Å²) in [5.41, 5.74) is 0.951. The van der Waals surface area contributed by atoms with Gasteiger partial charge in [-0.3, -0.25) is 9.78 Å². The van der Waals surface area contributed by atoms with Crippen molar-refractivity contribution in [3.05, 3.63) is 30.1 Å². The normalized spacial score (nSPS) is 11.1. The maximum absolute atomic E-state index is 11.1. The predicted octanol–water partition coefficient (Wildman–Crippen LogP) is 1.02. The molecule has 0 atom stereocenters. The summed E-state index contributed by atoms with van der Waals surface area (Å²) in [5.74, 6) is -0.144. The van der Waals surface area contributed by atoms with E-state index in [0.717, 1.165) is 0 Å². The van der Waals surface area contributed by atoms with E-state index in [1.165, 1.54) is 14.0 Å². The van der Waals surface area contributed by atoms with Crippen molar-refractivity contribution in [1.29, 1.82) is 0 Å². The molecule has 68 valence electrons. The quantitative estimate of drug-likeness (QED) is 0.513. The van der Waals surface area contributed by atoms with Gasteiger partial charge in [-0.25, -0.2) is 0 Å². The summed E-state index contributed by atoms with van der Waals surface area (Å²) in [6.45, 7) is 1.44. The second-order valence-electron chi connectivity index (χ2n) is 2.42. The molecule has 1 aromatic heterocycles. The van der Waals surface area contributed by atoms with Crippen LogP contribution in [-0.4, -0.2) is 23.6 Å². The van der Waals surface area contributed by atoms with Gasteiger partial charge < -0.3 is 4.84 Å². The van der Waals surface area contributed by atoms with E-state index < -0.39 is 0 Å². The number of oxime groups is 1. The van der Waals surface area contributed by atoms with E-state index in [1.54, 1.807) is 24.5 Å². The molecule has 0 N–H and O–H groups in total. The van der Waals surface area contributed by atoms with E-state index in [9.17, 15) is 4.79 Å². The van der Waals surface area contributed by atoms with Crippen molar-refractivity contribution in [2.75, 3.05) is 7.11 Å². The number of hydrogen-bond acceptors (Lipinski definition) is 4. The van der Waals surface area contributed by atoms with Gasteiger partial charge in [-0.15, -0.1) is 0 Å². The highest BCUT2D eigenvalue weighted by Crippen LogP contribution is 2.00. The molecule has 0 saturated heterocycles. The number of rotatable bonds is 3. The molecule has 0 aliphatic rings. The molecule has 1 rings (SSSR count). The fourth-order valence-corrected chi connectivity index (χ4v) is 0.914. The molecule has 4 nitrogen and oxygen atoms in total. The molecule has 0 bridgehead atoms. The summed E-state index contributed by atoms with van der Waals surface area (Å²) < 4.78 is 0. The minimum atomic E-state index is -0.144. The Morgan fingerprint density at radius 3 is 2.85 bits per heavy atom. The van der Waals surface area contributed by atoms with Crippen molar-refractivity contribution in [3.63, 3.8) is 0 Å². The van der Waals surface area contributed by atoms with Gasteiger partial charge in [0, 0.05) is 24.9 Å². The van der Waals surface area contributed by atoms with Crippen molar-refractivity contribution in [2.45, 2.75) is 6.92 Å². The number of carbonyl (C=O) groups excluding carboxylic acids is 1. The molecule has 0 saturated carbocycles. The zero-order chi connectivity index (χ0) is 9.68. The molecule has 0 aromatic carbocycles. The molecular weight excluding hydrogens is 168 g/mol. The first kappa shape index (κ1) is 9.38. The van der Waals surface area contributed by atoms with Crippen LogP contribution in [0.5, 0.6) is 0 Å². The maximum atomic E-state index is 11.1. The largest absolute Gasteiger partial charge is 0.399 e. The fourth-order valence-electron chi connectivity index (χ4n) is 0.914. The lowest BCUT2D eigenvalue weighted by Crippen LogP contribution is -2.12. The SMILES string of the molecule is CON=C(C(C)=O)c1cccnc1. The third-order valence-corrected chi connectivity index (χ3v) is 1.45. The molecule has 0 aliphatic heterocycles. The van der Waals surface area contributed by atoms with Gasteiger partial charge in [0.25, 0.3) is 0 Å². The highest BCUT2D eigenvalue weighted by atomic mass is 16.6. The lowest BCUT2D eigenvalue weighted by molar-refractivity contribution is -0.111. The van der Waals surface area contributed by atoms with E-state index >= 15 is 0 Å². The molecule has 0 amide bonds. The molecule has 0 unspecified atom stereocenters. The van der Waals surface area contributed by atoms with Crippen LogP contribution in [0, 0.1) is 0 Å². The summed E-state index contributed by atoms with van der Waals surface area (Å²) in [6, 6.07) is 3.50. The summed E-state index contributed by atoms with van der Waals surface area (Å²) >= 11 is 0. The molecule has 13 heavy (non-hydrogen) atoms. The van der Waals surface area contributed by atoms with E-state index in [2.05, 4.69) is 15.0 Å². The summed E-state index contributed by atoms with van der Waals surface area (Å²) in [5, 5.41) is 3.62. The van der Waals surface area contributed by atoms with Crippen LogP contribution in [0.3, 0.4) is 0 Å². The highest BCUT2D eigenvalue weighted by molar-refractivity contribution is 6.45. The van der Waals surface area contributed by atoms with Crippen LogP contribution < -0.4 is 0 Å². The Morgan fingerprint density at radius 1 is 1.62 bits per heavy atom. The summed E-state index contributed by atoms with van der Waals surface area (Å²) in [6.07, 6.45) is 3.20. The van der Waals surface area contributed by atoms with Crippen LogP contribution >= 0.6 is 0 Å². The Morgan fingerprint density at radius 2 is 2.38 bits per heavy atom. The second-order valence-corrected chi connectivity index (χ2v) is 2.42. The van der Waals surface area contributed by atoms with Crippen molar-refractivity contribution in [3.8, 4) is 0 Å². The van der Waals surface area contributed by atoms with Gasteiger partial charge in [0.2, 0.25) is 0 Å². The average molecular weight is 178 g/mol. The van der Waals surface area contributed by atoms with Crippen LogP contribution in [0.1, 0.15) is 12.5 Å². The molecule has 0 fully saturated rings. The minimum Gasteiger partial charge on any atom is -0.399 e. The van der Waals surface area contributed by atoms with Gasteiger partial charge in [0.05, 0.1) is 0 Å². The van der Waals surface area contributed by atoms with Gasteiger partial charge in [-0.05, 0) is 12.1 Å². The first-order chi connectivity index (χ1) is 6.25. The number of aromatic nitrogens is 1. The summed E-state index contributed by atoms with van der Waals surface area (Å²) in [4.78, 5) is 19.5. The monoisotopic (exact) mass is 178 g/mol. The number of ketones is 1. The average Bonchev–Trinajstić information content (AvgIpc) is 2.15. The Bertz CT molecular complexity index is 320. The Hall–Kier alpha value is -1.71. The standard InChI is InChI=1S/C9H10N2O2/c1-7(12)9(11-13-2)8-4-3-5-10-6-8/h3-6H,1-2H3. The van der Waals surface area contributed by atoms with Gasteiger partial charge in [0.15, 0.2) is 11.5 Å². The number of hydrogen-bond donors (Lipinski definition) is 0. The van der Waals surface area contributed by atoms with Gasteiger partial charge in [-0.2, -0.15) is 0 Å². The third kappa shape index (κ3) is 2.37. The van der Waals surface area contributed by atoms with E-state index in [1.807, 2.05) is 0 Å². The molecule has 0 aliphatic carbocycles. The topological polar surface area (TPSA) is 51.5 Å². The Balaban J connectivity index is 3.03. The van der Waals surface area contributed by atoms with Crippen LogP contribution in [0.2, 0.25) is 0 Å². The Kier molecular flexibility index (Phi) is 3.14. The zero-order valence-electron chi connectivity index (χ0n) is 7.52. The number of nitrogens with zero attached hydrogens (tertiary/aromatic N) is 2. The van der Waals surface area contributed by atoms with Crippen LogP contribution in [0.4, 0.5) is 0 Å². The van der Waals surface area contributed by atoms with E-state index in [4.69, 9.17) is 0 Å². The van der Waals surface area contributed by atoms with Crippen molar-refractivity contribution in [1.82, 2.24) is 4.98 Å². The van der Waals surface area contributed by atoms with E-state index in [-0.39, 0.29) is 11.5 Å². The van der Waals surface area contributed by atoms with Crippen LogP contribution in [0.25, 0.3) is 0 Å². The molecule has 1 aromatic rings. The van der Waals surface area contributed by atoms with Gasteiger partial charge in [0.1, 0.15) is 7.11 Å². The van der Waals surface area contributed by atoms with Crippen LogP contribution in [0.15, 0.2) is 29.7 Å². The first-order valence-corrected chi connectivity index (χ1v) is 3.78. The minimum absolute atomic E-state index is 0.144. The maximum Gasteiger partial charge on any atom is 0.182 e. The highest BCUT2D eigenvalue weighted by Gasteiger charge is 2.09. The van der Waals surface area contributed by atoms with Crippen LogP contribution in [-0.2, 0) is 9.63 Å². The summed E-state index contributed by atoms with van der Waals surface area (Å²) in [7, 11) is 1.40. The van der Waals surface area contributed by atoms with Crippen molar-refractivity contribution < 1.29 is 9.63 Å². The number of Topliss-reactive ketones (excluding diaryl/α,β-unsaturated/α-hetero) is 1. The Labute approximate surface area is 76.2 Å². The molecule has 0 radical (unpaired) electrons. The third-order valence-electron chi connectivity index (χ3n) is 1.45. The van der Waals surface area contributed by atoms with Crippen molar-refractivity contribution >= 4 is 11.5 Å². The molecule has 1 heterocycles. The lowest BCUT2D eigenvalue weighted by atomic mass is 10.1. The predicted molar refractivity (Wildman–Crippen MR) is 48.5 cm³/mol. The number of pyridine rings is 1. The fraction of sp³-hybridized carbons (Fsp3) is 0.222. The van der Waals surface area contributed by atoms with Gasteiger partial charge >= 0.3 is 0 Å². The van der Waals surface area contributed by atoms with Gasteiger partial charge in [-0.1, -0.05) is 5.16 Å². The second kappa shape index (κ2) is 4.35. The molecular formula is C9H10N2O2. The molecule has 0 spiro atoms. The smallest absolute Gasteiger partial charge is 0.182 e. The van der Waals surface area contributed by atoms with Crippen molar-refractivity contribution in [2.24, 2.45) is 5.16 Å².